The van der Waals surface area contributed by atoms with E-state index >= 15 is 0 Å². The number of rotatable bonds is 5. The van der Waals surface area contributed by atoms with Crippen LogP contribution in [0.3, 0.4) is 0 Å². The normalized spacial score (nSPS) is 13.5. The number of hydrogen-bond donors (Lipinski definition) is 0. The highest BCUT2D eigenvalue weighted by Gasteiger charge is 2.08. The van der Waals surface area contributed by atoms with E-state index in [1.54, 1.807) is 0 Å². The van der Waals surface area contributed by atoms with E-state index in [1.807, 2.05) is 0 Å². The van der Waals surface area contributed by atoms with Crippen molar-refractivity contribution in [3.05, 3.63) is 12.2 Å². The smallest absolute Gasteiger partial charge is 0.0104 e. The molecule has 1 nitrogen and oxygen atoms in total. The molecule has 0 spiro atoms. The molecule has 0 N–H and O–H groups in total. The van der Waals surface area contributed by atoms with E-state index in [4.69, 9.17) is 0 Å². The third-order valence-electron chi connectivity index (χ3n) is 2.08. The first-order valence-electron chi connectivity index (χ1n) is 4.50. The van der Waals surface area contributed by atoms with Gasteiger partial charge in [-0.3, -0.25) is 0 Å². The Kier molecular flexibility index (Phi) is 5.22. The van der Waals surface area contributed by atoms with Crippen LogP contribution < -0.4 is 0 Å². The van der Waals surface area contributed by atoms with Crippen LogP contribution in [0.25, 0.3) is 0 Å². The Morgan fingerprint density at radius 2 is 1.82 bits per heavy atom. The van der Waals surface area contributed by atoms with Gasteiger partial charge in [-0.2, -0.15) is 0 Å². The fourth-order valence-electron chi connectivity index (χ4n) is 1.48. The summed E-state index contributed by atoms with van der Waals surface area (Å²) in [6, 6.07) is 0.655. The molecule has 1 heteroatoms. The highest BCUT2D eigenvalue weighted by atomic mass is 15.1. The van der Waals surface area contributed by atoms with Crippen molar-refractivity contribution in [3.8, 4) is 0 Å². The van der Waals surface area contributed by atoms with Gasteiger partial charge in [-0.05, 0) is 33.4 Å². The summed E-state index contributed by atoms with van der Waals surface area (Å²) in [4.78, 5) is 2.45. The minimum atomic E-state index is 0.655. The molecule has 0 radical (unpaired) electrons. The third-order valence-corrected chi connectivity index (χ3v) is 2.08. The molecular formula is C10H21N. The van der Waals surface area contributed by atoms with Crippen LogP contribution >= 0.6 is 0 Å². The van der Waals surface area contributed by atoms with Crippen molar-refractivity contribution in [2.75, 3.05) is 13.1 Å². The molecule has 0 aliphatic rings. The van der Waals surface area contributed by atoms with Crippen LogP contribution in [0, 0.1) is 0 Å². The quantitative estimate of drug-likeness (QED) is 0.552. The molecule has 11 heavy (non-hydrogen) atoms. The fraction of sp³-hybridized carbons (Fsp3) is 0.800. The Balaban J connectivity index is 3.78. The second-order valence-electron chi connectivity index (χ2n) is 3.23. The molecule has 66 valence electrons. The second-order valence-corrected chi connectivity index (χ2v) is 3.23. The predicted octanol–water partition coefficient (Wildman–Crippen LogP) is 2.68. The maximum absolute atomic E-state index is 3.92. The van der Waals surface area contributed by atoms with E-state index in [0.29, 0.717) is 6.04 Å². The van der Waals surface area contributed by atoms with Gasteiger partial charge in [0.2, 0.25) is 0 Å². The van der Waals surface area contributed by atoms with E-state index in [1.165, 1.54) is 5.57 Å². The molecule has 0 aliphatic heterocycles. The molecule has 0 rings (SSSR count). The summed E-state index contributed by atoms with van der Waals surface area (Å²) in [5.41, 5.74) is 1.28. The van der Waals surface area contributed by atoms with Gasteiger partial charge in [0.15, 0.2) is 0 Å². The zero-order valence-electron chi connectivity index (χ0n) is 8.35. The lowest BCUT2D eigenvalue weighted by molar-refractivity contribution is 0.230. The van der Waals surface area contributed by atoms with Gasteiger partial charge in [-0.15, -0.1) is 6.58 Å². The average molecular weight is 155 g/mol. The number of nitrogens with zero attached hydrogens (tertiary/aromatic N) is 1. The molecule has 0 aromatic heterocycles. The van der Waals surface area contributed by atoms with Gasteiger partial charge < -0.3 is 4.90 Å². The third kappa shape index (κ3) is 4.20. The van der Waals surface area contributed by atoms with Crippen molar-refractivity contribution in [3.63, 3.8) is 0 Å². The maximum Gasteiger partial charge on any atom is 0.0104 e. The van der Waals surface area contributed by atoms with Crippen LogP contribution in [-0.4, -0.2) is 24.0 Å². The van der Waals surface area contributed by atoms with Gasteiger partial charge in [0, 0.05) is 6.04 Å². The van der Waals surface area contributed by atoms with Gasteiger partial charge in [0.1, 0.15) is 0 Å². The van der Waals surface area contributed by atoms with Crippen LogP contribution in [0.5, 0.6) is 0 Å². The molecule has 0 saturated carbocycles. The molecule has 1 atom stereocenters. The van der Waals surface area contributed by atoms with Crippen LogP contribution in [0.15, 0.2) is 12.2 Å². The number of hydrogen-bond acceptors (Lipinski definition) is 1. The summed E-state index contributed by atoms with van der Waals surface area (Å²) in [6.45, 7) is 15.0. The molecule has 0 saturated heterocycles. The summed E-state index contributed by atoms with van der Waals surface area (Å²) < 4.78 is 0. The van der Waals surface area contributed by atoms with Gasteiger partial charge >= 0.3 is 0 Å². The van der Waals surface area contributed by atoms with Gasteiger partial charge in [0.25, 0.3) is 0 Å². The molecule has 0 heterocycles. The monoisotopic (exact) mass is 155 g/mol. The van der Waals surface area contributed by atoms with Crippen molar-refractivity contribution in [1.29, 1.82) is 0 Å². The van der Waals surface area contributed by atoms with Crippen LogP contribution in [0.2, 0.25) is 0 Å². The Labute approximate surface area is 71.1 Å². The maximum atomic E-state index is 3.92. The van der Waals surface area contributed by atoms with Crippen molar-refractivity contribution in [1.82, 2.24) is 4.90 Å². The van der Waals surface area contributed by atoms with Gasteiger partial charge in [-0.25, -0.2) is 0 Å². The largest absolute Gasteiger partial charge is 0.301 e. The Morgan fingerprint density at radius 3 is 2.09 bits per heavy atom. The first-order valence-corrected chi connectivity index (χ1v) is 4.50. The van der Waals surface area contributed by atoms with E-state index in [-0.39, 0.29) is 0 Å². The zero-order valence-corrected chi connectivity index (χ0v) is 8.35. The highest BCUT2D eigenvalue weighted by molar-refractivity contribution is 4.91. The van der Waals surface area contributed by atoms with Crippen LogP contribution in [0.1, 0.15) is 34.1 Å². The second kappa shape index (κ2) is 5.36. The minimum Gasteiger partial charge on any atom is -0.301 e. The van der Waals surface area contributed by atoms with E-state index in [2.05, 4.69) is 39.2 Å². The summed E-state index contributed by atoms with van der Waals surface area (Å²) in [5, 5.41) is 0. The molecule has 0 aromatic carbocycles. The standard InChI is InChI=1S/C10H21N/c1-6-11(7-2)10(5)8-9(3)4/h10H,3,6-8H2,1-2,4-5H3. The van der Waals surface area contributed by atoms with Crippen molar-refractivity contribution in [2.24, 2.45) is 0 Å². The van der Waals surface area contributed by atoms with Crippen LogP contribution in [-0.2, 0) is 0 Å². The van der Waals surface area contributed by atoms with Crippen molar-refractivity contribution >= 4 is 0 Å². The zero-order chi connectivity index (χ0) is 8.85. The van der Waals surface area contributed by atoms with E-state index < -0.39 is 0 Å². The fourth-order valence-corrected chi connectivity index (χ4v) is 1.48. The summed E-state index contributed by atoms with van der Waals surface area (Å²) >= 11 is 0. The molecular weight excluding hydrogens is 134 g/mol. The molecule has 0 aliphatic carbocycles. The average Bonchev–Trinajstić information content (AvgIpc) is 1.88. The Hall–Kier alpha value is -0.300. The Bertz CT molecular complexity index is 114. The first kappa shape index (κ1) is 10.7. The molecule has 0 aromatic rings. The van der Waals surface area contributed by atoms with Gasteiger partial charge in [0.05, 0.1) is 0 Å². The first-order chi connectivity index (χ1) is 5.11. The SMILES string of the molecule is C=C(C)CC(C)N(CC)CC. The lowest BCUT2D eigenvalue weighted by Crippen LogP contribution is -2.32. The van der Waals surface area contributed by atoms with Crippen LogP contribution in [0.4, 0.5) is 0 Å². The summed E-state index contributed by atoms with van der Waals surface area (Å²) in [7, 11) is 0. The lowest BCUT2D eigenvalue weighted by Gasteiger charge is -2.26. The van der Waals surface area contributed by atoms with Crippen molar-refractivity contribution < 1.29 is 0 Å². The topological polar surface area (TPSA) is 3.24 Å². The van der Waals surface area contributed by atoms with E-state index in [9.17, 15) is 0 Å². The molecule has 1 unspecified atom stereocenters. The predicted molar refractivity (Wildman–Crippen MR) is 51.8 cm³/mol. The van der Waals surface area contributed by atoms with E-state index in [0.717, 1.165) is 19.5 Å². The molecule has 0 amide bonds. The molecule has 0 fully saturated rings. The summed E-state index contributed by atoms with van der Waals surface area (Å²) in [6.07, 6.45) is 1.13. The summed E-state index contributed by atoms with van der Waals surface area (Å²) in [5.74, 6) is 0. The minimum absolute atomic E-state index is 0.655. The highest BCUT2D eigenvalue weighted by Crippen LogP contribution is 2.08. The Morgan fingerprint density at radius 1 is 1.36 bits per heavy atom. The van der Waals surface area contributed by atoms with Gasteiger partial charge in [-0.1, -0.05) is 19.4 Å². The molecule has 0 bridgehead atoms. The lowest BCUT2D eigenvalue weighted by atomic mass is 10.1. The van der Waals surface area contributed by atoms with Crippen molar-refractivity contribution in [2.45, 2.75) is 40.2 Å².